The van der Waals surface area contributed by atoms with Crippen molar-refractivity contribution >= 4 is 23.2 Å². The number of carboxylic acid groups (broad SMARTS) is 1. The molecule has 1 saturated heterocycles. The Morgan fingerprint density at radius 3 is 2.95 bits per heavy atom. The van der Waals surface area contributed by atoms with Gasteiger partial charge >= 0.3 is 5.97 Å². The van der Waals surface area contributed by atoms with Crippen LogP contribution in [0.3, 0.4) is 0 Å². The molecule has 1 N–H and O–H groups in total. The largest absolute Gasteiger partial charge is 0.481 e. The van der Waals surface area contributed by atoms with E-state index in [0.29, 0.717) is 28.6 Å². The first kappa shape index (κ1) is 13.8. The van der Waals surface area contributed by atoms with E-state index in [1.807, 2.05) is 0 Å². The maximum absolute atomic E-state index is 12.5. The van der Waals surface area contributed by atoms with E-state index in [1.165, 1.54) is 17.5 Å². The smallest absolute Gasteiger partial charge is 0.308 e. The molecule has 0 aromatic carbocycles. The van der Waals surface area contributed by atoms with Crippen molar-refractivity contribution in [3.8, 4) is 10.8 Å². The molecule has 3 heterocycles. The number of amides is 1. The summed E-state index contributed by atoms with van der Waals surface area (Å²) in [5, 5.41) is 9.77. The van der Waals surface area contributed by atoms with Crippen molar-refractivity contribution in [1.29, 1.82) is 0 Å². The average Bonchev–Trinajstić information content (AvgIpc) is 3.18. The van der Waals surface area contributed by atoms with E-state index >= 15 is 0 Å². The maximum atomic E-state index is 12.5. The summed E-state index contributed by atoms with van der Waals surface area (Å²) in [4.78, 5) is 29.9. The van der Waals surface area contributed by atoms with Crippen LogP contribution in [0.2, 0.25) is 0 Å². The van der Waals surface area contributed by atoms with Crippen LogP contribution in [-0.2, 0) is 4.79 Å². The van der Waals surface area contributed by atoms with Crippen LogP contribution in [0.5, 0.6) is 0 Å². The van der Waals surface area contributed by atoms with Gasteiger partial charge in [0.15, 0.2) is 10.8 Å². The Kier molecular flexibility index (Phi) is 3.50. The normalized spacial score (nSPS) is 21.7. The predicted molar refractivity (Wildman–Crippen MR) is 76.1 cm³/mol. The maximum Gasteiger partial charge on any atom is 0.308 e. The number of rotatable bonds is 3. The van der Waals surface area contributed by atoms with E-state index < -0.39 is 11.9 Å². The third kappa shape index (κ3) is 2.44. The Balaban J connectivity index is 1.79. The van der Waals surface area contributed by atoms with Gasteiger partial charge in [-0.2, -0.15) is 0 Å². The molecular weight excluding hydrogens is 292 g/mol. The van der Waals surface area contributed by atoms with Crippen molar-refractivity contribution in [3.05, 3.63) is 29.5 Å². The summed E-state index contributed by atoms with van der Waals surface area (Å²) in [5.41, 5.74) is 0. The minimum Gasteiger partial charge on any atom is -0.481 e. The van der Waals surface area contributed by atoms with Gasteiger partial charge < -0.3 is 14.4 Å². The first-order valence-corrected chi connectivity index (χ1v) is 7.43. The van der Waals surface area contributed by atoms with Crippen LogP contribution in [0.4, 0.5) is 0 Å². The highest BCUT2D eigenvalue weighted by atomic mass is 32.1. The van der Waals surface area contributed by atoms with E-state index in [2.05, 4.69) is 4.98 Å². The topological polar surface area (TPSA) is 83.6 Å². The number of carboxylic acids is 1. The van der Waals surface area contributed by atoms with Crippen LogP contribution in [0, 0.1) is 5.92 Å². The third-order valence-electron chi connectivity index (χ3n) is 3.78. The van der Waals surface area contributed by atoms with Crippen LogP contribution in [-0.4, -0.2) is 39.5 Å². The summed E-state index contributed by atoms with van der Waals surface area (Å²) in [6, 6.07) is 3.24. The van der Waals surface area contributed by atoms with Crippen LogP contribution < -0.4 is 0 Å². The van der Waals surface area contributed by atoms with E-state index in [0.717, 1.165) is 0 Å². The molecule has 2 aromatic rings. The van der Waals surface area contributed by atoms with Gasteiger partial charge in [0.25, 0.3) is 5.91 Å². The van der Waals surface area contributed by atoms with E-state index in [4.69, 9.17) is 9.52 Å². The van der Waals surface area contributed by atoms with Gasteiger partial charge in [-0.1, -0.05) is 0 Å². The molecule has 7 heteroatoms. The molecule has 6 nitrogen and oxygen atoms in total. The van der Waals surface area contributed by atoms with Crippen molar-refractivity contribution in [1.82, 2.24) is 9.88 Å². The first-order valence-electron chi connectivity index (χ1n) is 6.61. The molecule has 0 aliphatic carbocycles. The Labute approximate surface area is 125 Å². The fraction of sp³-hybridized carbons (Fsp3) is 0.357. The number of carbonyl (C=O) groups excluding carboxylic acids is 1. The fourth-order valence-corrected chi connectivity index (χ4v) is 3.43. The second-order valence-electron chi connectivity index (χ2n) is 4.98. The Morgan fingerprint density at radius 2 is 2.33 bits per heavy atom. The number of hydrogen-bond donors (Lipinski definition) is 1. The summed E-state index contributed by atoms with van der Waals surface area (Å²) in [6.45, 7) is 2.24. The van der Waals surface area contributed by atoms with Crippen molar-refractivity contribution in [2.45, 2.75) is 19.4 Å². The number of carbonyl (C=O) groups is 2. The molecule has 2 unspecified atom stereocenters. The molecule has 0 bridgehead atoms. The summed E-state index contributed by atoms with van der Waals surface area (Å²) in [5.74, 6) is -0.886. The molecule has 0 spiro atoms. The van der Waals surface area contributed by atoms with Crippen molar-refractivity contribution in [2.75, 3.05) is 6.54 Å². The molecule has 2 atom stereocenters. The zero-order chi connectivity index (χ0) is 15.0. The molecule has 110 valence electrons. The predicted octanol–water partition coefficient (Wildman–Crippen LogP) is 2.34. The Hall–Kier alpha value is -2.15. The minimum atomic E-state index is -0.849. The zero-order valence-corrected chi connectivity index (χ0v) is 12.2. The molecule has 3 rings (SSSR count). The van der Waals surface area contributed by atoms with Crippen molar-refractivity contribution in [2.24, 2.45) is 5.92 Å². The fourth-order valence-electron chi connectivity index (χ4n) is 2.59. The van der Waals surface area contributed by atoms with Gasteiger partial charge in [-0.3, -0.25) is 9.59 Å². The van der Waals surface area contributed by atoms with Gasteiger partial charge in [0.05, 0.1) is 18.4 Å². The minimum absolute atomic E-state index is 0.165. The quantitative estimate of drug-likeness (QED) is 0.941. The van der Waals surface area contributed by atoms with Crippen LogP contribution in [0.1, 0.15) is 23.0 Å². The summed E-state index contributed by atoms with van der Waals surface area (Å²) < 4.78 is 5.25. The lowest BCUT2D eigenvalue weighted by molar-refractivity contribution is -0.142. The SMILES string of the molecule is CC1C(C(=O)O)CCN1C(=O)c1cnc(-c2ccco2)s1. The monoisotopic (exact) mass is 306 g/mol. The number of aromatic nitrogens is 1. The number of furan rings is 1. The van der Waals surface area contributed by atoms with Crippen LogP contribution >= 0.6 is 11.3 Å². The summed E-state index contributed by atoms with van der Waals surface area (Å²) in [7, 11) is 0. The molecule has 1 aliphatic rings. The second-order valence-corrected chi connectivity index (χ2v) is 6.01. The zero-order valence-electron chi connectivity index (χ0n) is 11.4. The van der Waals surface area contributed by atoms with Crippen LogP contribution in [0.25, 0.3) is 10.8 Å². The molecule has 1 aliphatic heterocycles. The van der Waals surface area contributed by atoms with Crippen molar-refractivity contribution < 1.29 is 19.1 Å². The highest BCUT2D eigenvalue weighted by Gasteiger charge is 2.38. The van der Waals surface area contributed by atoms with Crippen LogP contribution in [0.15, 0.2) is 29.0 Å². The lowest BCUT2D eigenvalue weighted by atomic mass is 10.0. The Morgan fingerprint density at radius 1 is 1.52 bits per heavy atom. The highest BCUT2D eigenvalue weighted by molar-refractivity contribution is 7.16. The van der Waals surface area contributed by atoms with Gasteiger partial charge in [-0.25, -0.2) is 4.98 Å². The standard InChI is InChI=1S/C14H14N2O4S/c1-8-9(14(18)19)4-5-16(8)13(17)11-7-15-12(21-11)10-3-2-6-20-10/h2-3,6-9H,4-5H2,1H3,(H,18,19). The van der Waals surface area contributed by atoms with Gasteiger partial charge in [0.1, 0.15) is 4.88 Å². The van der Waals surface area contributed by atoms with Crippen molar-refractivity contribution in [3.63, 3.8) is 0 Å². The molecule has 2 aromatic heterocycles. The Bertz CT molecular complexity index is 664. The average molecular weight is 306 g/mol. The second kappa shape index (κ2) is 5.33. The van der Waals surface area contributed by atoms with E-state index in [-0.39, 0.29) is 11.9 Å². The molecule has 1 amide bonds. The number of nitrogens with zero attached hydrogens (tertiary/aromatic N) is 2. The van der Waals surface area contributed by atoms with Gasteiger partial charge in [0, 0.05) is 12.6 Å². The summed E-state index contributed by atoms with van der Waals surface area (Å²) >= 11 is 1.25. The summed E-state index contributed by atoms with van der Waals surface area (Å²) in [6.07, 6.45) is 3.57. The first-order chi connectivity index (χ1) is 10.1. The molecule has 0 saturated carbocycles. The lowest BCUT2D eigenvalue weighted by Gasteiger charge is -2.22. The third-order valence-corrected chi connectivity index (χ3v) is 4.78. The lowest BCUT2D eigenvalue weighted by Crippen LogP contribution is -2.37. The number of aliphatic carboxylic acids is 1. The van der Waals surface area contributed by atoms with E-state index in [9.17, 15) is 9.59 Å². The highest BCUT2D eigenvalue weighted by Crippen LogP contribution is 2.30. The number of likely N-dealkylation sites (tertiary alicyclic amines) is 1. The molecule has 0 radical (unpaired) electrons. The number of hydrogen-bond acceptors (Lipinski definition) is 5. The van der Waals surface area contributed by atoms with Gasteiger partial charge in [-0.15, -0.1) is 11.3 Å². The van der Waals surface area contributed by atoms with E-state index in [1.54, 1.807) is 30.2 Å². The molecule has 21 heavy (non-hydrogen) atoms. The van der Waals surface area contributed by atoms with Gasteiger partial charge in [-0.05, 0) is 25.5 Å². The van der Waals surface area contributed by atoms with Gasteiger partial charge in [0.2, 0.25) is 0 Å². The number of thiazole rings is 1. The molecule has 1 fully saturated rings. The molecular formula is C14H14N2O4S.